The van der Waals surface area contributed by atoms with Crippen molar-refractivity contribution >= 4 is 28.6 Å². The summed E-state index contributed by atoms with van der Waals surface area (Å²) in [6.07, 6.45) is -4.43. The third kappa shape index (κ3) is 3.19. The maximum atomic E-state index is 12.9. The van der Waals surface area contributed by atoms with E-state index in [0.717, 1.165) is 16.6 Å². The van der Waals surface area contributed by atoms with Gasteiger partial charge < -0.3 is 5.32 Å². The van der Waals surface area contributed by atoms with Crippen LogP contribution in [0.4, 0.5) is 18.9 Å². The van der Waals surface area contributed by atoms with E-state index in [1.165, 1.54) is 23.5 Å². The Morgan fingerprint density at radius 3 is 2.68 bits per heavy atom. The smallest absolute Gasteiger partial charge is 0.378 e. The van der Waals surface area contributed by atoms with Crippen LogP contribution in [0.15, 0.2) is 23.7 Å². The van der Waals surface area contributed by atoms with Crippen molar-refractivity contribution in [3.05, 3.63) is 44.9 Å². The molecular formula is C12H10ClF3N2S. The summed E-state index contributed by atoms with van der Waals surface area (Å²) < 4.78 is 38.6. The van der Waals surface area contributed by atoms with Gasteiger partial charge in [-0.25, -0.2) is 4.98 Å². The van der Waals surface area contributed by atoms with Gasteiger partial charge in [0.1, 0.15) is 0 Å². The molecule has 2 rings (SSSR count). The largest absolute Gasteiger partial charge is 0.418 e. The van der Waals surface area contributed by atoms with Gasteiger partial charge in [-0.15, -0.1) is 11.3 Å². The SMILES string of the molecule is Cc1ncsc1CNc1c(Cl)cccc1C(F)(F)F. The van der Waals surface area contributed by atoms with Gasteiger partial charge in [0.15, 0.2) is 0 Å². The van der Waals surface area contributed by atoms with Crippen LogP contribution in [0.5, 0.6) is 0 Å². The van der Waals surface area contributed by atoms with Gasteiger partial charge in [-0.2, -0.15) is 13.2 Å². The Morgan fingerprint density at radius 2 is 2.11 bits per heavy atom. The topological polar surface area (TPSA) is 24.9 Å². The van der Waals surface area contributed by atoms with Crippen molar-refractivity contribution in [3.8, 4) is 0 Å². The molecule has 1 aromatic heterocycles. The van der Waals surface area contributed by atoms with Crippen LogP contribution in [0.1, 0.15) is 16.1 Å². The number of hydrogen-bond donors (Lipinski definition) is 1. The summed E-state index contributed by atoms with van der Waals surface area (Å²) in [5.41, 5.74) is 1.61. The first kappa shape index (κ1) is 14.1. The molecule has 2 nitrogen and oxygen atoms in total. The van der Waals surface area contributed by atoms with Gasteiger partial charge in [0.2, 0.25) is 0 Å². The number of anilines is 1. The van der Waals surface area contributed by atoms with Crippen LogP contribution in [-0.2, 0) is 12.7 Å². The molecule has 1 aromatic carbocycles. The van der Waals surface area contributed by atoms with E-state index < -0.39 is 11.7 Å². The first-order valence-electron chi connectivity index (χ1n) is 5.38. The number of halogens is 4. The maximum absolute atomic E-state index is 12.9. The van der Waals surface area contributed by atoms with Crippen LogP contribution in [0, 0.1) is 6.92 Å². The predicted octanol–water partition coefficient (Wildman–Crippen LogP) is 4.74. The summed E-state index contributed by atoms with van der Waals surface area (Å²) in [6.45, 7) is 2.08. The molecule has 1 N–H and O–H groups in total. The molecule has 102 valence electrons. The third-order valence-corrected chi connectivity index (χ3v) is 3.84. The number of alkyl halides is 3. The van der Waals surface area contributed by atoms with Gasteiger partial charge in [0, 0.05) is 4.88 Å². The van der Waals surface area contributed by atoms with Gasteiger partial charge in [0.05, 0.1) is 34.0 Å². The van der Waals surface area contributed by atoms with E-state index in [2.05, 4.69) is 10.3 Å². The minimum atomic E-state index is -4.43. The lowest BCUT2D eigenvalue weighted by Gasteiger charge is -2.15. The fourth-order valence-corrected chi connectivity index (χ4v) is 2.56. The van der Waals surface area contributed by atoms with Crippen molar-refractivity contribution in [1.82, 2.24) is 4.98 Å². The zero-order valence-corrected chi connectivity index (χ0v) is 11.5. The minimum Gasteiger partial charge on any atom is -0.378 e. The van der Waals surface area contributed by atoms with Crippen LogP contribution >= 0.6 is 22.9 Å². The molecule has 1 heterocycles. The van der Waals surface area contributed by atoms with E-state index in [4.69, 9.17) is 11.6 Å². The standard InChI is InChI=1S/C12H10ClF3N2S/c1-7-10(19-6-18-7)5-17-11-8(12(14,15)16)3-2-4-9(11)13/h2-4,6,17H,5H2,1H3. The molecule has 0 bridgehead atoms. The highest BCUT2D eigenvalue weighted by Gasteiger charge is 2.34. The van der Waals surface area contributed by atoms with Crippen molar-refractivity contribution in [3.63, 3.8) is 0 Å². The van der Waals surface area contributed by atoms with Crippen LogP contribution in [0.3, 0.4) is 0 Å². The molecule has 0 saturated heterocycles. The molecule has 0 radical (unpaired) electrons. The van der Waals surface area contributed by atoms with Crippen LogP contribution in [-0.4, -0.2) is 4.98 Å². The Hall–Kier alpha value is -1.27. The van der Waals surface area contributed by atoms with Gasteiger partial charge in [-0.3, -0.25) is 0 Å². The molecule has 0 aliphatic carbocycles. The number of aryl methyl sites for hydroxylation is 1. The lowest BCUT2D eigenvalue weighted by Crippen LogP contribution is -2.11. The van der Waals surface area contributed by atoms with Crippen LogP contribution in [0.25, 0.3) is 0 Å². The number of rotatable bonds is 3. The molecule has 0 atom stereocenters. The summed E-state index contributed by atoms with van der Waals surface area (Å²) >= 11 is 7.23. The van der Waals surface area contributed by atoms with E-state index in [9.17, 15) is 13.2 Å². The highest BCUT2D eigenvalue weighted by atomic mass is 35.5. The molecule has 19 heavy (non-hydrogen) atoms. The number of nitrogens with zero attached hydrogens (tertiary/aromatic N) is 1. The first-order chi connectivity index (χ1) is 8.89. The monoisotopic (exact) mass is 306 g/mol. The van der Waals surface area contributed by atoms with E-state index in [1.807, 2.05) is 6.92 Å². The van der Waals surface area contributed by atoms with Gasteiger partial charge in [-0.1, -0.05) is 17.7 Å². The minimum absolute atomic E-state index is 0.0528. The number of para-hydroxylation sites is 1. The van der Waals surface area contributed by atoms with E-state index in [-0.39, 0.29) is 17.3 Å². The molecule has 0 aliphatic heterocycles. The summed E-state index contributed by atoms with van der Waals surface area (Å²) in [7, 11) is 0. The van der Waals surface area contributed by atoms with Gasteiger partial charge in [-0.05, 0) is 19.1 Å². The van der Waals surface area contributed by atoms with E-state index >= 15 is 0 Å². The molecule has 7 heteroatoms. The molecule has 0 fully saturated rings. The third-order valence-electron chi connectivity index (χ3n) is 2.59. The second-order valence-corrected chi connectivity index (χ2v) is 5.22. The Kier molecular flexibility index (Phi) is 4.01. The normalized spacial score (nSPS) is 11.6. The zero-order valence-electron chi connectivity index (χ0n) is 9.88. The molecule has 2 aromatic rings. The highest BCUT2D eigenvalue weighted by Crippen LogP contribution is 2.38. The average Bonchev–Trinajstić information content (AvgIpc) is 2.72. The van der Waals surface area contributed by atoms with Crippen molar-refractivity contribution < 1.29 is 13.2 Å². The molecule has 0 spiro atoms. The number of benzene rings is 1. The zero-order chi connectivity index (χ0) is 14.0. The Balaban J connectivity index is 2.27. The van der Waals surface area contributed by atoms with Crippen molar-refractivity contribution in [1.29, 1.82) is 0 Å². The van der Waals surface area contributed by atoms with E-state index in [0.29, 0.717) is 0 Å². The number of nitrogens with one attached hydrogen (secondary N) is 1. The Bertz CT molecular complexity index is 581. The van der Waals surface area contributed by atoms with Gasteiger partial charge >= 0.3 is 6.18 Å². The summed E-state index contributed by atoms with van der Waals surface area (Å²) in [5, 5.41) is 2.80. The fourth-order valence-electron chi connectivity index (χ4n) is 1.60. The van der Waals surface area contributed by atoms with Crippen LogP contribution < -0.4 is 5.32 Å². The van der Waals surface area contributed by atoms with Gasteiger partial charge in [0.25, 0.3) is 0 Å². The summed E-state index contributed by atoms with van der Waals surface area (Å²) in [4.78, 5) is 4.93. The molecule has 0 saturated carbocycles. The average molecular weight is 307 g/mol. The van der Waals surface area contributed by atoms with Crippen LogP contribution in [0.2, 0.25) is 5.02 Å². The first-order valence-corrected chi connectivity index (χ1v) is 6.64. The number of aromatic nitrogens is 1. The van der Waals surface area contributed by atoms with Crippen molar-refractivity contribution in [2.75, 3.05) is 5.32 Å². The Labute approximate surface area is 117 Å². The quantitative estimate of drug-likeness (QED) is 0.886. The molecular weight excluding hydrogens is 297 g/mol. The molecule has 0 amide bonds. The highest BCUT2D eigenvalue weighted by molar-refractivity contribution is 7.09. The second kappa shape index (κ2) is 5.38. The summed E-state index contributed by atoms with van der Waals surface area (Å²) in [6, 6.07) is 3.72. The van der Waals surface area contributed by atoms with E-state index in [1.54, 1.807) is 5.51 Å². The van der Waals surface area contributed by atoms with Crippen molar-refractivity contribution in [2.45, 2.75) is 19.6 Å². The molecule has 0 unspecified atom stereocenters. The lowest BCUT2D eigenvalue weighted by molar-refractivity contribution is -0.136. The lowest BCUT2D eigenvalue weighted by atomic mass is 10.1. The second-order valence-electron chi connectivity index (χ2n) is 3.87. The fraction of sp³-hybridized carbons (Fsp3) is 0.250. The summed E-state index contributed by atoms with van der Waals surface area (Å²) in [5.74, 6) is 0. The molecule has 0 aliphatic rings. The Morgan fingerprint density at radius 1 is 1.37 bits per heavy atom. The number of thiazole rings is 1. The number of hydrogen-bond acceptors (Lipinski definition) is 3. The predicted molar refractivity (Wildman–Crippen MR) is 70.6 cm³/mol. The maximum Gasteiger partial charge on any atom is 0.418 e. The van der Waals surface area contributed by atoms with Crippen molar-refractivity contribution in [2.24, 2.45) is 0 Å².